The predicted octanol–water partition coefficient (Wildman–Crippen LogP) is 4.90. The third-order valence-corrected chi connectivity index (χ3v) is 7.33. The van der Waals surface area contributed by atoms with Crippen molar-refractivity contribution < 1.29 is 17.9 Å². The average molecular weight is 484 g/mol. The smallest absolute Gasteiger partial charge is 0.275 e. The van der Waals surface area contributed by atoms with Crippen LogP contribution in [0.25, 0.3) is 0 Å². The van der Waals surface area contributed by atoms with Gasteiger partial charge in [-0.2, -0.15) is 16.4 Å². The lowest BCUT2D eigenvalue weighted by molar-refractivity contribution is 0.0709. The molecule has 1 atom stereocenters. The van der Waals surface area contributed by atoms with Crippen molar-refractivity contribution in [3.63, 3.8) is 0 Å². The number of thiophene rings is 1. The number of hydrogen-bond acceptors (Lipinski definition) is 6. The van der Waals surface area contributed by atoms with Crippen molar-refractivity contribution in [1.29, 1.82) is 0 Å². The molecule has 2 heterocycles. The Hall–Kier alpha value is -3.17. The lowest BCUT2D eigenvalue weighted by Gasteiger charge is -2.23. The first-order valence-corrected chi connectivity index (χ1v) is 13.3. The Balaban J connectivity index is 1.67. The van der Waals surface area contributed by atoms with Crippen molar-refractivity contribution in [3.8, 4) is 5.75 Å². The normalized spacial score (nSPS) is 15.9. The van der Waals surface area contributed by atoms with Crippen LogP contribution < -0.4 is 9.46 Å². The summed E-state index contributed by atoms with van der Waals surface area (Å²) >= 11 is 1.46. The molecule has 33 heavy (non-hydrogen) atoms. The van der Waals surface area contributed by atoms with Gasteiger partial charge in [0.2, 0.25) is 10.0 Å². The maximum absolute atomic E-state index is 13.3. The summed E-state index contributed by atoms with van der Waals surface area (Å²) < 4.78 is 32.0. The monoisotopic (exact) mass is 483 g/mol. The lowest BCUT2D eigenvalue weighted by Crippen LogP contribution is -2.27. The molecule has 2 aromatic carbocycles. The number of amides is 1. The highest BCUT2D eigenvalue weighted by Crippen LogP contribution is 2.38. The Bertz CT molecular complexity index is 1250. The number of benzene rings is 2. The minimum absolute atomic E-state index is 0.00202. The van der Waals surface area contributed by atoms with Gasteiger partial charge in [-0.25, -0.2) is 13.4 Å². The van der Waals surface area contributed by atoms with Crippen molar-refractivity contribution in [2.75, 3.05) is 17.1 Å². The molecule has 0 aliphatic carbocycles. The molecule has 0 spiro atoms. The fourth-order valence-corrected chi connectivity index (χ4v) is 4.93. The van der Waals surface area contributed by atoms with Gasteiger partial charge < -0.3 is 4.74 Å². The summed E-state index contributed by atoms with van der Waals surface area (Å²) in [7, 11) is -3.35. The second-order valence-corrected chi connectivity index (χ2v) is 10.3. The summed E-state index contributed by atoms with van der Waals surface area (Å²) in [5.74, 6) is 0.561. The van der Waals surface area contributed by atoms with Crippen molar-refractivity contribution in [2.45, 2.75) is 26.3 Å². The van der Waals surface area contributed by atoms with Gasteiger partial charge in [-0.3, -0.25) is 9.52 Å². The van der Waals surface area contributed by atoms with Gasteiger partial charge in [-0.1, -0.05) is 30.3 Å². The minimum Gasteiger partial charge on any atom is -0.494 e. The average Bonchev–Trinajstić information content (AvgIpc) is 3.50. The van der Waals surface area contributed by atoms with Gasteiger partial charge in [0.15, 0.2) is 0 Å². The molecule has 3 aromatic rings. The van der Waals surface area contributed by atoms with E-state index in [0.29, 0.717) is 24.3 Å². The highest BCUT2D eigenvalue weighted by atomic mass is 32.2. The number of para-hydroxylation sites is 1. The largest absolute Gasteiger partial charge is 0.494 e. The van der Waals surface area contributed by atoms with Crippen LogP contribution in [-0.2, 0) is 10.0 Å². The molecule has 0 saturated carbocycles. The van der Waals surface area contributed by atoms with Crippen LogP contribution in [0.2, 0.25) is 0 Å². The molecule has 1 unspecified atom stereocenters. The number of sulfonamides is 1. The van der Waals surface area contributed by atoms with E-state index in [-0.39, 0.29) is 17.7 Å². The molecule has 7 nitrogen and oxygen atoms in total. The van der Waals surface area contributed by atoms with E-state index in [4.69, 9.17) is 9.84 Å². The van der Waals surface area contributed by atoms with Gasteiger partial charge >= 0.3 is 0 Å². The molecule has 1 aromatic heterocycles. The number of carbonyl (C=O) groups is 1. The van der Waals surface area contributed by atoms with Crippen LogP contribution in [-0.4, -0.2) is 37.4 Å². The van der Waals surface area contributed by atoms with Crippen LogP contribution in [0.4, 0.5) is 5.69 Å². The summed E-state index contributed by atoms with van der Waals surface area (Å²) in [6.45, 7) is 4.03. The van der Waals surface area contributed by atoms with E-state index in [1.165, 1.54) is 16.3 Å². The Morgan fingerprint density at radius 2 is 1.91 bits per heavy atom. The summed E-state index contributed by atoms with van der Waals surface area (Å²) in [5.41, 5.74) is 3.56. The van der Waals surface area contributed by atoms with Crippen LogP contribution in [0.1, 0.15) is 47.8 Å². The highest BCUT2D eigenvalue weighted by Gasteiger charge is 2.35. The number of anilines is 1. The van der Waals surface area contributed by atoms with E-state index < -0.39 is 10.0 Å². The van der Waals surface area contributed by atoms with Crippen molar-refractivity contribution in [2.24, 2.45) is 5.10 Å². The van der Waals surface area contributed by atoms with Gasteiger partial charge in [-0.15, -0.1) is 0 Å². The van der Waals surface area contributed by atoms with E-state index in [1.807, 2.05) is 54.1 Å². The van der Waals surface area contributed by atoms with Gasteiger partial charge in [0.05, 0.1) is 29.7 Å². The zero-order chi connectivity index (χ0) is 23.4. The van der Waals surface area contributed by atoms with E-state index >= 15 is 0 Å². The number of ether oxygens (including phenoxy) is 1. The van der Waals surface area contributed by atoms with E-state index in [1.54, 1.807) is 25.1 Å². The number of nitrogens with zero attached hydrogens (tertiary/aromatic N) is 2. The van der Waals surface area contributed by atoms with Crippen molar-refractivity contribution in [1.82, 2.24) is 5.01 Å². The van der Waals surface area contributed by atoms with Gasteiger partial charge in [0.1, 0.15) is 5.75 Å². The van der Waals surface area contributed by atoms with Crippen LogP contribution >= 0.6 is 11.3 Å². The fraction of sp³-hybridized carbons (Fsp3) is 0.250. The first-order chi connectivity index (χ1) is 15.9. The summed E-state index contributed by atoms with van der Waals surface area (Å²) in [6, 6.07) is 16.2. The van der Waals surface area contributed by atoms with Crippen LogP contribution in [0.15, 0.2) is 70.5 Å². The molecule has 0 radical (unpaired) electrons. The third-order valence-electron chi connectivity index (χ3n) is 5.34. The molecule has 1 aliphatic heterocycles. The SMILES string of the molecule is CCOc1ccccc1C1CC(c2ccc(NS(=O)(=O)CC)cc2)=NN1C(=O)c1ccsc1. The zero-order valence-electron chi connectivity index (χ0n) is 18.4. The standard InChI is InChI=1S/C24H25N3O4S2/c1-3-31-23-8-6-5-7-20(23)22-15-21(25-27(22)24(28)18-13-14-32-16-18)17-9-11-19(12-10-17)26-33(29,30)4-2/h5-14,16,22,26H,3-4,15H2,1-2H3. The third kappa shape index (κ3) is 5.09. The number of hydrogen-bond donors (Lipinski definition) is 1. The second kappa shape index (κ2) is 9.76. The van der Waals surface area contributed by atoms with Crippen LogP contribution in [0, 0.1) is 0 Å². The van der Waals surface area contributed by atoms with Crippen molar-refractivity contribution >= 4 is 38.7 Å². The quantitative estimate of drug-likeness (QED) is 0.494. The Morgan fingerprint density at radius 1 is 1.15 bits per heavy atom. The predicted molar refractivity (Wildman–Crippen MR) is 132 cm³/mol. The Kier molecular flexibility index (Phi) is 6.80. The second-order valence-electron chi connectivity index (χ2n) is 7.48. The maximum Gasteiger partial charge on any atom is 0.275 e. The van der Waals surface area contributed by atoms with Gasteiger partial charge in [-0.05, 0) is 49.1 Å². The number of nitrogens with one attached hydrogen (secondary N) is 1. The fourth-order valence-electron chi connectivity index (χ4n) is 3.66. The lowest BCUT2D eigenvalue weighted by atomic mass is 9.97. The van der Waals surface area contributed by atoms with Gasteiger partial charge in [0, 0.05) is 23.1 Å². The number of carbonyl (C=O) groups excluding carboxylic acids is 1. The molecule has 0 saturated heterocycles. The summed E-state index contributed by atoms with van der Waals surface area (Å²) in [4.78, 5) is 13.3. The van der Waals surface area contributed by atoms with Crippen LogP contribution in [0.5, 0.6) is 5.75 Å². The zero-order valence-corrected chi connectivity index (χ0v) is 20.0. The number of rotatable bonds is 8. The van der Waals surface area contributed by atoms with E-state index in [2.05, 4.69) is 4.72 Å². The first kappa shape index (κ1) is 23.0. The van der Waals surface area contributed by atoms with E-state index in [9.17, 15) is 13.2 Å². The number of hydrazone groups is 1. The highest BCUT2D eigenvalue weighted by molar-refractivity contribution is 7.92. The van der Waals surface area contributed by atoms with Gasteiger partial charge in [0.25, 0.3) is 5.91 Å². The topological polar surface area (TPSA) is 88.1 Å². The Morgan fingerprint density at radius 3 is 2.58 bits per heavy atom. The molecular weight excluding hydrogens is 458 g/mol. The molecule has 1 aliphatic rings. The maximum atomic E-state index is 13.3. The van der Waals surface area contributed by atoms with E-state index in [0.717, 1.165) is 22.6 Å². The summed E-state index contributed by atoms with van der Waals surface area (Å²) in [6.07, 6.45) is 0.514. The minimum atomic E-state index is -3.35. The summed E-state index contributed by atoms with van der Waals surface area (Å²) in [5, 5.41) is 9.92. The van der Waals surface area contributed by atoms with Crippen LogP contribution in [0.3, 0.4) is 0 Å². The molecule has 0 fully saturated rings. The van der Waals surface area contributed by atoms with Crippen molar-refractivity contribution in [3.05, 3.63) is 82.0 Å². The molecule has 172 valence electrons. The molecular formula is C24H25N3O4S2. The first-order valence-electron chi connectivity index (χ1n) is 10.7. The molecule has 0 bridgehead atoms. The molecule has 9 heteroatoms. The molecule has 1 amide bonds. The molecule has 4 rings (SSSR count). The molecule has 1 N–H and O–H groups in total. The Labute approximate surface area is 197 Å².